The number of hydrogen-bond donors (Lipinski definition) is 3. The van der Waals surface area contributed by atoms with Gasteiger partial charge in [-0.15, -0.1) is 0 Å². The number of piperidine rings is 1. The number of hydrogen-bond acceptors (Lipinski definition) is 5. The second-order valence-electron chi connectivity index (χ2n) is 5.96. The summed E-state index contributed by atoms with van der Waals surface area (Å²) in [4.78, 5) is 1.94. The van der Waals surface area contributed by atoms with E-state index >= 15 is 0 Å². The van der Waals surface area contributed by atoms with Gasteiger partial charge in [0.15, 0.2) is 5.37 Å². The zero-order chi connectivity index (χ0) is 14.9. The molecule has 21 heavy (non-hydrogen) atoms. The summed E-state index contributed by atoms with van der Waals surface area (Å²) in [5.41, 5.74) is 0.746. The van der Waals surface area contributed by atoms with Crippen molar-refractivity contribution in [2.24, 2.45) is 5.14 Å². The van der Waals surface area contributed by atoms with Crippen LogP contribution in [-0.2, 0) is 10.0 Å². The molecule has 2 aliphatic rings. The van der Waals surface area contributed by atoms with Crippen molar-refractivity contribution in [3.63, 3.8) is 0 Å². The molecule has 7 heteroatoms. The van der Waals surface area contributed by atoms with Crippen LogP contribution in [0, 0.1) is 0 Å². The largest absolute Gasteiger partial charge is 0.317 e. The van der Waals surface area contributed by atoms with Gasteiger partial charge < -0.3 is 5.32 Å². The first-order valence-corrected chi connectivity index (χ1v) is 8.88. The molecule has 2 saturated heterocycles. The molecule has 2 fully saturated rings. The fourth-order valence-corrected chi connectivity index (χ4v) is 4.50. The van der Waals surface area contributed by atoms with Crippen molar-refractivity contribution in [2.75, 3.05) is 26.3 Å². The van der Waals surface area contributed by atoms with Gasteiger partial charge in [0.05, 0.1) is 6.67 Å². The van der Waals surface area contributed by atoms with Gasteiger partial charge in [-0.25, -0.2) is 13.6 Å². The van der Waals surface area contributed by atoms with Crippen LogP contribution in [0.15, 0.2) is 30.3 Å². The molecule has 6 nitrogen and oxygen atoms in total. The van der Waals surface area contributed by atoms with Crippen molar-refractivity contribution in [1.29, 1.82) is 0 Å². The third-order valence-electron chi connectivity index (χ3n) is 4.45. The van der Waals surface area contributed by atoms with Crippen molar-refractivity contribution in [3.8, 4) is 0 Å². The molecule has 2 aliphatic heterocycles. The monoisotopic (exact) mass is 310 g/mol. The van der Waals surface area contributed by atoms with E-state index in [-0.39, 0.29) is 5.54 Å². The first kappa shape index (κ1) is 14.9. The fraction of sp³-hybridized carbons (Fsp3) is 0.571. The topological polar surface area (TPSA) is 87.5 Å². The molecule has 1 aromatic carbocycles. The summed E-state index contributed by atoms with van der Waals surface area (Å²) in [7, 11) is -3.69. The second kappa shape index (κ2) is 5.66. The number of rotatable bonds is 3. The van der Waals surface area contributed by atoms with E-state index < -0.39 is 15.4 Å². The van der Waals surface area contributed by atoms with Crippen molar-refractivity contribution >= 4 is 10.0 Å². The smallest absolute Gasteiger partial charge is 0.229 e. The molecule has 4 N–H and O–H groups in total. The summed E-state index contributed by atoms with van der Waals surface area (Å²) in [6.45, 7) is 3.19. The zero-order valence-corrected chi connectivity index (χ0v) is 12.8. The minimum absolute atomic E-state index is 0.0168. The number of nitrogens with one attached hydrogen (secondary N) is 2. The molecule has 0 radical (unpaired) electrons. The molecule has 1 spiro atoms. The van der Waals surface area contributed by atoms with E-state index in [9.17, 15) is 8.42 Å². The lowest BCUT2D eigenvalue weighted by molar-refractivity contribution is 0.250. The number of nitrogens with two attached hydrogens (primary N) is 1. The first-order chi connectivity index (χ1) is 10.0. The average molecular weight is 310 g/mol. The van der Waals surface area contributed by atoms with Crippen LogP contribution in [0.3, 0.4) is 0 Å². The van der Waals surface area contributed by atoms with Gasteiger partial charge in [-0.2, -0.15) is 0 Å². The van der Waals surface area contributed by atoms with Gasteiger partial charge in [-0.05, 0) is 31.5 Å². The van der Waals surface area contributed by atoms with Gasteiger partial charge in [0.2, 0.25) is 10.0 Å². The first-order valence-electron chi connectivity index (χ1n) is 7.27. The van der Waals surface area contributed by atoms with Crippen LogP contribution in [-0.4, -0.2) is 45.2 Å². The highest BCUT2D eigenvalue weighted by Crippen LogP contribution is 2.32. The molecule has 3 rings (SSSR count). The Morgan fingerprint density at radius 2 is 1.86 bits per heavy atom. The van der Waals surface area contributed by atoms with Crippen LogP contribution in [0.5, 0.6) is 0 Å². The summed E-state index contributed by atoms with van der Waals surface area (Å²) in [5.74, 6) is 0. The predicted molar refractivity (Wildman–Crippen MR) is 81.8 cm³/mol. The van der Waals surface area contributed by atoms with E-state index in [1.54, 1.807) is 0 Å². The maximum atomic E-state index is 12.1. The standard InChI is InChI=1S/C14H22N4O2S/c15-21(19,20)13(12-4-2-1-3-5-12)18-10-14(17-11-18)6-8-16-9-7-14/h1-5,13,16-17H,6-11H2,(H2,15,19,20). The van der Waals surface area contributed by atoms with Crippen molar-refractivity contribution < 1.29 is 8.42 Å². The highest BCUT2D eigenvalue weighted by atomic mass is 32.2. The number of benzene rings is 1. The summed E-state index contributed by atoms with van der Waals surface area (Å²) >= 11 is 0. The van der Waals surface area contributed by atoms with Gasteiger partial charge in [0.25, 0.3) is 0 Å². The van der Waals surface area contributed by atoms with E-state index in [2.05, 4.69) is 10.6 Å². The Hall–Kier alpha value is -0.990. The Morgan fingerprint density at radius 3 is 2.48 bits per heavy atom. The van der Waals surface area contributed by atoms with Crippen molar-refractivity contribution in [3.05, 3.63) is 35.9 Å². The lowest BCUT2D eigenvalue weighted by atomic mass is 9.89. The van der Waals surface area contributed by atoms with Crippen molar-refractivity contribution in [2.45, 2.75) is 23.8 Å². The van der Waals surface area contributed by atoms with Gasteiger partial charge in [0.1, 0.15) is 0 Å². The molecule has 2 heterocycles. The normalized spacial score (nSPS) is 24.2. The molecular weight excluding hydrogens is 288 g/mol. The van der Waals surface area contributed by atoms with Gasteiger partial charge in [-0.1, -0.05) is 30.3 Å². The third kappa shape index (κ3) is 3.12. The minimum atomic E-state index is -3.69. The minimum Gasteiger partial charge on any atom is -0.317 e. The van der Waals surface area contributed by atoms with Crippen molar-refractivity contribution in [1.82, 2.24) is 15.5 Å². The van der Waals surface area contributed by atoms with Gasteiger partial charge >= 0.3 is 0 Å². The highest BCUT2D eigenvalue weighted by molar-refractivity contribution is 7.89. The summed E-state index contributed by atoms with van der Waals surface area (Å²) < 4.78 is 24.2. The molecule has 1 atom stereocenters. The van der Waals surface area contributed by atoms with E-state index in [0.717, 1.165) is 31.5 Å². The average Bonchev–Trinajstić information content (AvgIpc) is 2.82. The molecular formula is C14H22N4O2S. The Labute approximate surface area is 125 Å². The Bertz CT molecular complexity index is 584. The van der Waals surface area contributed by atoms with Crippen LogP contribution in [0.4, 0.5) is 0 Å². The van der Waals surface area contributed by atoms with E-state index in [1.807, 2.05) is 35.2 Å². The molecule has 0 bridgehead atoms. The van der Waals surface area contributed by atoms with Crippen LogP contribution in [0.2, 0.25) is 0 Å². The number of nitrogens with zero attached hydrogens (tertiary/aromatic N) is 1. The SMILES string of the molecule is NS(=O)(=O)C(c1ccccc1)N1CNC2(CCNCC2)C1. The maximum absolute atomic E-state index is 12.1. The molecule has 1 aromatic rings. The lowest BCUT2D eigenvalue weighted by Crippen LogP contribution is -2.50. The second-order valence-corrected chi connectivity index (χ2v) is 7.59. The van der Waals surface area contributed by atoms with Gasteiger partial charge in [0, 0.05) is 12.1 Å². The van der Waals surface area contributed by atoms with Crippen LogP contribution < -0.4 is 15.8 Å². The van der Waals surface area contributed by atoms with Gasteiger partial charge in [-0.3, -0.25) is 10.2 Å². The molecule has 0 aromatic heterocycles. The Morgan fingerprint density at radius 1 is 1.19 bits per heavy atom. The van der Waals surface area contributed by atoms with E-state index in [1.165, 1.54) is 0 Å². The molecule has 1 unspecified atom stereocenters. The Balaban J connectivity index is 1.86. The van der Waals surface area contributed by atoms with E-state index in [4.69, 9.17) is 5.14 Å². The van der Waals surface area contributed by atoms with E-state index in [0.29, 0.717) is 13.2 Å². The van der Waals surface area contributed by atoms with Crippen LogP contribution in [0.25, 0.3) is 0 Å². The zero-order valence-electron chi connectivity index (χ0n) is 12.0. The number of primary sulfonamides is 1. The summed E-state index contributed by atoms with van der Waals surface area (Å²) in [6.07, 6.45) is 2.02. The molecule has 116 valence electrons. The molecule has 0 saturated carbocycles. The van der Waals surface area contributed by atoms with Crippen LogP contribution in [0.1, 0.15) is 23.8 Å². The molecule has 0 amide bonds. The third-order valence-corrected chi connectivity index (χ3v) is 5.64. The Kier molecular flexibility index (Phi) is 4.02. The maximum Gasteiger partial charge on any atom is 0.229 e. The number of sulfonamides is 1. The van der Waals surface area contributed by atoms with Crippen LogP contribution >= 0.6 is 0 Å². The predicted octanol–water partition coefficient (Wildman–Crippen LogP) is -0.0414. The fourth-order valence-electron chi connectivity index (χ4n) is 3.40. The lowest BCUT2D eigenvalue weighted by Gasteiger charge is -2.34. The summed E-state index contributed by atoms with van der Waals surface area (Å²) in [6, 6.07) is 9.21. The molecule has 0 aliphatic carbocycles. The highest BCUT2D eigenvalue weighted by Gasteiger charge is 2.43. The quantitative estimate of drug-likeness (QED) is 0.729. The summed E-state index contributed by atoms with van der Waals surface area (Å²) in [5, 5.41) is 11.6.